The minimum absolute atomic E-state index is 0.179. The molecule has 0 amide bonds. The number of piperidine rings is 1. The molecule has 2 atom stereocenters. The third-order valence-corrected chi connectivity index (χ3v) is 9.67. The molecule has 0 spiro atoms. The molecule has 218 valence electrons. The van der Waals surface area contributed by atoms with Crippen molar-refractivity contribution in [1.82, 2.24) is 19.8 Å². The minimum atomic E-state index is -0.991. The monoisotopic (exact) mass is 606 g/mol. The number of nitrogens with zero attached hydrogens (tertiary/aromatic N) is 4. The van der Waals surface area contributed by atoms with Crippen molar-refractivity contribution in [2.45, 2.75) is 75.8 Å². The van der Waals surface area contributed by atoms with Gasteiger partial charge in [0.2, 0.25) is 0 Å². The van der Waals surface area contributed by atoms with E-state index in [0.29, 0.717) is 40.2 Å². The summed E-state index contributed by atoms with van der Waals surface area (Å²) in [5.41, 5.74) is 5.34. The van der Waals surface area contributed by atoms with Crippen molar-refractivity contribution in [3.05, 3.63) is 81.3 Å². The number of rotatable bonds is 9. The van der Waals surface area contributed by atoms with Crippen molar-refractivity contribution in [2.24, 2.45) is 7.05 Å². The smallest absolute Gasteiger partial charge is 0.354 e. The number of hydrogen-bond donors (Lipinski definition) is 1. The molecule has 42 heavy (non-hydrogen) atoms. The lowest BCUT2D eigenvalue weighted by molar-refractivity contribution is -0.0306. The highest BCUT2D eigenvalue weighted by Crippen LogP contribution is 2.48. The van der Waals surface area contributed by atoms with Gasteiger partial charge in [-0.1, -0.05) is 58.7 Å². The maximum atomic E-state index is 11.6. The Morgan fingerprint density at radius 2 is 1.74 bits per heavy atom. The number of fused-ring (bicyclic) bond motifs is 2. The van der Waals surface area contributed by atoms with Crippen LogP contribution in [0.5, 0.6) is 0 Å². The van der Waals surface area contributed by atoms with Crippen LogP contribution in [0.3, 0.4) is 0 Å². The Kier molecular flexibility index (Phi) is 7.34. The fraction of sp³-hybridized carbons (Fsp3) is 0.406. The minimum Gasteiger partial charge on any atom is -0.477 e. The zero-order valence-corrected chi connectivity index (χ0v) is 24.8. The molecule has 2 aromatic heterocycles. The summed E-state index contributed by atoms with van der Waals surface area (Å²) >= 11 is 13.2. The number of halogens is 2. The van der Waals surface area contributed by atoms with E-state index in [4.69, 9.17) is 32.5 Å². The first-order valence-electron chi connectivity index (χ1n) is 14.5. The molecule has 2 unspecified atom stereocenters. The first-order valence-corrected chi connectivity index (χ1v) is 15.3. The predicted octanol–water partition coefficient (Wildman–Crippen LogP) is 7.34. The van der Waals surface area contributed by atoms with E-state index in [1.165, 1.54) is 4.68 Å². The fourth-order valence-corrected chi connectivity index (χ4v) is 7.34. The summed E-state index contributed by atoms with van der Waals surface area (Å²) in [7, 11) is 1.64. The molecular formula is C32H32Cl2N4O4. The van der Waals surface area contributed by atoms with Crippen molar-refractivity contribution in [3.63, 3.8) is 0 Å². The Hall–Kier alpha value is -3.17. The van der Waals surface area contributed by atoms with E-state index in [1.54, 1.807) is 13.2 Å². The molecule has 2 bridgehead atoms. The van der Waals surface area contributed by atoms with Gasteiger partial charge >= 0.3 is 5.97 Å². The summed E-state index contributed by atoms with van der Waals surface area (Å²) in [6.07, 6.45) is 8.33. The van der Waals surface area contributed by atoms with Gasteiger partial charge in [-0.3, -0.25) is 9.58 Å². The second-order valence-corrected chi connectivity index (χ2v) is 12.6. The van der Waals surface area contributed by atoms with E-state index in [1.807, 2.05) is 42.5 Å². The Labute approximate surface area is 254 Å². The van der Waals surface area contributed by atoms with Crippen LogP contribution >= 0.6 is 23.2 Å². The van der Waals surface area contributed by atoms with Gasteiger partial charge in [-0.2, -0.15) is 5.10 Å². The van der Waals surface area contributed by atoms with Crippen LogP contribution in [0.15, 0.2) is 53.2 Å². The maximum absolute atomic E-state index is 11.6. The van der Waals surface area contributed by atoms with Gasteiger partial charge in [-0.15, -0.1) is 0 Å². The normalized spacial score (nSPS) is 22.1. The lowest BCUT2D eigenvalue weighted by Gasteiger charge is -2.39. The average molecular weight is 608 g/mol. The SMILES string of the molecule is Cn1ncc(-c2ccc(COC3CC4CCC(C3)N4Cc3c(-c4c(Cl)cccc4Cl)noc3C3CC3)cc2)c1C(=O)O. The molecule has 3 fully saturated rings. The molecule has 3 aliphatic rings. The fourth-order valence-electron chi connectivity index (χ4n) is 6.76. The molecule has 4 heterocycles. The second kappa shape index (κ2) is 11.2. The molecule has 0 radical (unpaired) electrons. The number of carboxylic acid groups (broad SMARTS) is 1. The summed E-state index contributed by atoms with van der Waals surface area (Å²) in [5, 5.41) is 19.3. The number of aromatic carboxylic acids is 1. The first kappa shape index (κ1) is 27.7. The van der Waals surface area contributed by atoms with E-state index in [2.05, 4.69) is 15.2 Å². The molecule has 1 aliphatic carbocycles. The molecule has 7 rings (SSSR count). The van der Waals surface area contributed by atoms with Crippen molar-refractivity contribution in [1.29, 1.82) is 0 Å². The van der Waals surface area contributed by atoms with Gasteiger partial charge in [-0.05, 0) is 61.8 Å². The van der Waals surface area contributed by atoms with Gasteiger partial charge < -0.3 is 14.4 Å². The lowest BCUT2D eigenvalue weighted by Crippen LogP contribution is -2.45. The van der Waals surface area contributed by atoms with Gasteiger partial charge in [0.25, 0.3) is 0 Å². The second-order valence-electron chi connectivity index (χ2n) is 11.7. The number of carboxylic acids is 1. The molecule has 2 saturated heterocycles. The van der Waals surface area contributed by atoms with Crippen LogP contribution in [-0.4, -0.2) is 49.1 Å². The van der Waals surface area contributed by atoms with Crippen LogP contribution in [0, 0.1) is 0 Å². The summed E-state index contributed by atoms with van der Waals surface area (Å²) in [6.45, 7) is 1.30. The third-order valence-electron chi connectivity index (χ3n) is 9.04. The van der Waals surface area contributed by atoms with E-state index in [-0.39, 0.29) is 11.8 Å². The van der Waals surface area contributed by atoms with Crippen LogP contribution in [0.1, 0.15) is 71.8 Å². The van der Waals surface area contributed by atoms with Crippen LogP contribution in [0.2, 0.25) is 10.0 Å². The van der Waals surface area contributed by atoms with E-state index < -0.39 is 5.97 Å². The number of ether oxygens (including phenoxy) is 1. The summed E-state index contributed by atoms with van der Waals surface area (Å²) in [5.74, 6) is 0.431. The van der Waals surface area contributed by atoms with Gasteiger partial charge in [0.05, 0.1) is 29.0 Å². The number of aryl methyl sites for hydroxylation is 1. The highest BCUT2D eigenvalue weighted by Gasteiger charge is 2.43. The van der Waals surface area contributed by atoms with Crippen LogP contribution < -0.4 is 0 Å². The highest BCUT2D eigenvalue weighted by atomic mass is 35.5. The van der Waals surface area contributed by atoms with E-state index in [0.717, 1.165) is 78.8 Å². The molecule has 1 N–H and O–H groups in total. The highest BCUT2D eigenvalue weighted by molar-refractivity contribution is 6.39. The molecule has 10 heteroatoms. The van der Waals surface area contributed by atoms with Crippen LogP contribution in [0.4, 0.5) is 0 Å². The molecule has 8 nitrogen and oxygen atoms in total. The molecular weight excluding hydrogens is 575 g/mol. The summed E-state index contributed by atoms with van der Waals surface area (Å²) in [4.78, 5) is 14.3. The Morgan fingerprint density at radius 1 is 1.05 bits per heavy atom. The Bertz CT molecular complexity index is 1590. The first-order chi connectivity index (χ1) is 20.4. The standard InChI is InChI=1S/C32H32Cl2N4O4/c1-37-30(32(39)40)24(15-35-37)19-7-5-18(6-8-19)17-41-23-13-21-11-12-22(14-23)38(21)16-25-29(36-42-31(25)20-9-10-20)28-26(33)3-2-4-27(28)34/h2-8,15,20-23H,9-14,16-17H2,1H3,(H,39,40). The van der Waals surface area contributed by atoms with Crippen molar-refractivity contribution in [3.8, 4) is 22.4 Å². The van der Waals surface area contributed by atoms with Crippen molar-refractivity contribution in [2.75, 3.05) is 0 Å². The number of hydrogen-bond acceptors (Lipinski definition) is 6. The zero-order valence-electron chi connectivity index (χ0n) is 23.3. The molecule has 2 aromatic carbocycles. The molecule has 1 saturated carbocycles. The molecule has 4 aromatic rings. The maximum Gasteiger partial charge on any atom is 0.354 e. The van der Waals surface area contributed by atoms with Crippen molar-refractivity contribution < 1.29 is 19.2 Å². The average Bonchev–Trinajstić information content (AvgIpc) is 3.56. The van der Waals surface area contributed by atoms with E-state index in [9.17, 15) is 9.90 Å². The lowest BCUT2D eigenvalue weighted by atomic mass is 9.97. The van der Waals surface area contributed by atoms with Gasteiger partial charge in [-0.25, -0.2) is 4.79 Å². The summed E-state index contributed by atoms with van der Waals surface area (Å²) in [6, 6.07) is 14.3. The predicted molar refractivity (Wildman–Crippen MR) is 160 cm³/mol. The summed E-state index contributed by atoms with van der Waals surface area (Å²) < 4.78 is 13.8. The number of carbonyl (C=O) groups is 1. The third kappa shape index (κ3) is 5.15. The number of benzene rings is 2. The van der Waals surface area contributed by atoms with Gasteiger partial charge in [0, 0.05) is 48.3 Å². The van der Waals surface area contributed by atoms with Crippen LogP contribution in [-0.2, 0) is 24.9 Å². The Morgan fingerprint density at radius 3 is 2.38 bits per heavy atom. The van der Waals surface area contributed by atoms with Crippen molar-refractivity contribution >= 4 is 29.2 Å². The van der Waals surface area contributed by atoms with Gasteiger partial charge in [0.15, 0.2) is 5.69 Å². The van der Waals surface area contributed by atoms with Gasteiger partial charge in [0.1, 0.15) is 11.5 Å². The molecule has 2 aliphatic heterocycles. The van der Waals surface area contributed by atoms with Crippen LogP contribution in [0.25, 0.3) is 22.4 Å². The Balaban J connectivity index is 1.03. The number of aromatic nitrogens is 3. The zero-order chi connectivity index (χ0) is 29.0. The van der Waals surface area contributed by atoms with E-state index >= 15 is 0 Å². The topological polar surface area (TPSA) is 93.6 Å². The largest absolute Gasteiger partial charge is 0.477 e. The quantitative estimate of drug-likeness (QED) is 0.213.